The molecule has 2 rings (SSSR count). The number of morpholine rings is 1. The maximum absolute atomic E-state index is 10.8. The molecule has 2 heterocycles. The van der Waals surface area contributed by atoms with Crippen LogP contribution in [-0.4, -0.2) is 65.8 Å². The molecule has 0 saturated carbocycles. The van der Waals surface area contributed by atoms with E-state index in [0.29, 0.717) is 5.69 Å². The number of carboxylic acid groups (broad SMARTS) is 1. The second kappa shape index (κ2) is 5.83. The average Bonchev–Trinajstić information content (AvgIpc) is 2.85. The summed E-state index contributed by atoms with van der Waals surface area (Å²) in [5.41, 5.74) is 0.587. The summed E-state index contributed by atoms with van der Waals surface area (Å²) >= 11 is 0. The van der Waals surface area contributed by atoms with Gasteiger partial charge in [0.2, 0.25) is 0 Å². The van der Waals surface area contributed by atoms with Gasteiger partial charge >= 0.3 is 6.09 Å². The second-order valence-corrected chi connectivity index (χ2v) is 4.26. The average molecular weight is 254 g/mol. The molecule has 0 aliphatic carbocycles. The summed E-state index contributed by atoms with van der Waals surface area (Å²) in [6, 6.07) is 0. The lowest BCUT2D eigenvalue weighted by molar-refractivity contribution is 0.0360. The van der Waals surface area contributed by atoms with Crippen molar-refractivity contribution in [3.05, 3.63) is 12.4 Å². The van der Waals surface area contributed by atoms with E-state index in [9.17, 15) is 4.79 Å². The molecule has 18 heavy (non-hydrogen) atoms. The lowest BCUT2D eigenvalue weighted by Gasteiger charge is -2.26. The van der Waals surface area contributed by atoms with Crippen LogP contribution in [0.25, 0.3) is 0 Å². The van der Waals surface area contributed by atoms with E-state index >= 15 is 0 Å². The zero-order chi connectivity index (χ0) is 13.0. The van der Waals surface area contributed by atoms with Crippen molar-refractivity contribution in [2.75, 3.05) is 44.8 Å². The van der Waals surface area contributed by atoms with E-state index in [4.69, 9.17) is 9.84 Å². The molecule has 0 atom stereocenters. The van der Waals surface area contributed by atoms with Gasteiger partial charge in [0.05, 0.1) is 31.6 Å². The molecular weight excluding hydrogens is 236 g/mol. The van der Waals surface area contributed by atoms with Crippen LogP contribution >= 0.6 is 0 Å². The fraction of sp³-hybridized carbons (Fsp3) is 0.636. The first-order chi connectivity index (χ1) is 8.66. The van der Waals surface area contributed by atoms with Gasteiger partial charge in [-0.25, -0.2) is 4.79 Å². The van der Waals surface area contributed by atoms with E-state index < -0.39 is 6.09 Å². The SMILES string of the molecule is CN(C(=O)O)c1cnn(CCN2CCOCC2)c1. The van der Waals surface area contributed by atoms with Crippen molar-refractivity contribution in [2.24, 2.45) is 0 Å². The Labute approximate surface area is 106 Å². The fourth-order valence-electron chi connectivity index (χ4n) is 1.83. The van der Waals surface area contributed by atoms with Crippen LogP contribution in [0.1, 0.15) is 0 Å². The first kappa shape index (κ1) is 12.8. The summed E-state index contributed by atoms with van der Waals surface area (Å²) in [7, 11) is 1.51. The van der Waals surface area contributed by atoms with E-state index in [1.165, 1.54) is 7.05 Å². The molecule has 100 valence electrons. The third kappa shape index (κ3) is 3.21. The highest BCUT2D eigenvalue weighted by atomic mass is 16.5. The molecule has 7 nitrogen and oxygen atoms in total. The van der Waals surface area contributed by atoms with E-state index in [1.54, 1.807) is 17.1 Å². The maximum atomic E-state index is 10.8. The first-order valence-corrected chi connectivity index (χ1v) is 5.96. The van der Waals surface area contributed by atoms with E-state index in [-0.39, 0.29) is 0 Å². The van der Waals surface area contributed by atoms with Gasteiger partial charge in [0.15, 0.2) is 0 Å². The Morgan fingerprint density at radius 3 is 2.89 bits per heavy atom. The summed E-state index contributed by atoms with van der Waals surface area (Å²) in [4.78, 5) is 14.2. The molecule has 1 aromatic heterocycles. The number of ether oxygens (including phenoxy) is 1. The first-order valence-electron chi connectivity index (χ1n) is 5.96. The molecule has 1 aliphatic heterocycles. The molecule has 0 bridgehead atoms. The van der Waals surface area contributed by atoms with Gasteiger partial charge in [-0.2, -0.15) is 5.10 Å². The van der Waals surface area contributed by atoms with Crippen LogP contribution in [0.4, 0.5) is 10.5 Å². The summed E-state index contributed by atoms with van der Waals surface area (Å²) in [6.45, 7) is 5.12. The minimum Gasteiger partial charge on any atom is -0.465 e. The smallest absolute Gasteiger partial charge is 0.411 e. The molecule has 1 amide bonds. The Hall–Kier alpha value is -1.60. The van der Waals surface area contributed by atoms with E-state index in [2.05, 4.69) is 10.00 Å². The Kier molecular flexibility index (Phi) is 4.16. The van der Waals surface area contributed by atoms with Gasteiger partial charge in [-0.3, -0.25) is 14.5 Å². The highest BCUT2D eigenvalue weighted by molar-refractivity contribution is 5.84. The lowest BCUT2D eigenvalue weighted by atomic mass is 10.4. The summed E-state index contributed by atoms with van der Waals surface area (Å²) in [5.74, 6) is 0. The van der Waals surface area contributed by atoms with Gasteiger partial charge in [0, 0.05) is 32.9 Å². The van der Waals surface area contributed by atoms with Gasteiger partial charge < -0.3 is 9.84 Å². The number of nitrogens with zero attached hydrogens (tertiary/aromatic N) is 4. The van der Waals surface area contributed by atoms with Crippen molar-refractivity contribution in [1.29, 1.82) is 0 Å². The van der Waals surface area contributed by atoms with Crippen molar-refractivity contribution in [3.8, 4) is 0 Å². The topological polar surface area (TPSA) is 70.8 Å². The predicted octanol–water partition coefficient (Wildman–Crippen LogP) is 0.330. The zero-order valence-corrected chi connectivity index (χ0v) is 10.4. The highest BCUT2D eigenvalue weighted by Gasteiger charge is 2.12. The minimum absolute atomic E-state index is 0.587. The summed E-state index contributed by atoms with van der Waals surface area (Å²) in [6.07, 6.45) is 2.32. The number of hydrogen-bond donors (Lipinski definition) is 1. The molecule has 7 heteroatoms. The third-order valence-corrected chi connectivity index (χ3v) is 3.04. The van der Waals surface area contributed by atoms with Crippen LogP contribution in [0.3, 0.4) is 0 Å². The summed E-state index contributed by atoms with van der Waals surface area (Å²) < 4.78 is 7.05. The zero-order valence-electron chi connectivity index (χ0n) is 10.4. The maximum Gasteiger partial charge on any atom is 0.411 e. The number of carbonyl (C=O) groups is 1. The Balaban J connectivity index is 1.84. The number of rotatable bonds is 4. The number of amides is 1. The quantitative estimate of drug-likeness (QED) is 0.838. The van der Waals surface area contributed by atoms with Crippen molar-refractivity contribution in [1.82, 2.24) is 14.7 Å². The Bertz CT molecular complexity index is 401. The minimum atomic E-state index is -0.984. The number of aromatic nitrogens is 2. The van der Waals surface area contributed by atoms with Gasteiger partial charge in [-0.1, -0.05) is 0 Å². The van der Waals surface area contributed by atoms with Crippen LogP contribution in [0.2, 0.25) is 0 Å². The molecule has 0 aromatic carbocycles. The molecule has 1 N–H and O–H groups in total. The van der Waals surface area contributed by atoms with E-state index in [1.807, 2.05) is 0 Å². The van der Waals surface area contributed by atoms with Crippen LogP contribution < -0.4 is 4.90 Å². The molecule has 1 saturated heterocycles. The molecule has 0 radical (unpaired) electrons. The van der Waals surface area contributed by atoms with Crippen LogP contribution in [0.15, 0.2) is 12.4 Å². The second-order valence-electron chi connectivity index (χ2n) is 4.26. The largest absolute Gasteiger partial charge is 0.465 e. The van der Waals surface area contributed by atoms with Crippen molar-refractivity contribution < 1.29 is 14.6 Å². The number of anilines is 1. The van der Waals surface area contributed by atoms with E-state index in [0.717, 1.165) is 44.3 Å². The van der Waals surface area contributed by atoms with Crippen molar-refractivity contribution >= 4 is 11.8 Å². The fourth-order valence-corrected chi connectivity index (χ4v) is 1.83. The van der Waals surface area contributed by atoms with Gasteiger partial charge in [-0.15, -0.1) is 0 Å². The standard InChI is InChI=1S/C11H18N4O3/c1-13(11(16)17)10-8-12-15(9-10)3-2-14-4-6-18-7-5-14/h8-9H,2-7H2,1H3,(H,16,17). The highest BCUT2D eigenvalue weighted by Crippen LogP contribution is 2.10. The van der Waals surface area contributed by atoms with Crippen LogP contribution in [0, 0.1) is 0 Å². The monoisotopic (exact) mass is 254 g/mol. The van der Waals surface area contributed by atoms with Gasteiger partial charge in [-0.05, 0) is 0 Å². The van der Waals surface area contributed by atoms with Crippen LogP contribution in [0.5, 0.6) is 0 Å². The molecule has 1 aliphatic rings. The molecule has 0 unspecified atom stereocenters. The molecule has 1 aromatic rings. The number of hydrogen-bond acceptors (Lipinski definition) is 4. The summed E-state index contributed by atoms with van der Waals surface area (Å²) in [5, 5.41) is 13.0. The molecule has 1 fully saturated rings. The molecular formula is C11H18N4O3. The Morgan fingerprint density at radius 1 is 1.50 bits per heavy atom. The normalized spacial score (nSPS) is 16.7. The lowest BCUT2D eigenvalue weighted by Crippen LogP contribution is -2.38. The van der Waals surface area contributed by atoms with Gasteiger partial charge in [0.1, 0.15) is 0 Å². The van der Waals surface area contributed by atoms with Crippen molar-refractivity contribution in [3.63, 3.8) is 0 Å². The predicted molar refractivity (Wildman–Crippen MR) is 65.9 cm³/mol. The van der Waals surface area contributed by atoms with Crippen molar-refractivity contribution in [2.45, 2.75) is 6.54 Å². The van der Waals surface area contributed by atoms with Gasteiger partial charge in [0.25, 0.3) is 0 Å². The third-order valence-electron chi connectivity index (χ3n) is 3.04. The molecule has 0 spiro atoms. The van der Waals surface area contributed by atoms with Crippen LogP contribution in [-0.2, 0) is 11.3 Å². The Morgan fingerprint density at radius 2 is 2.22 bits per heavy atom.